The zero-order valence-electron chi connectivity index (χ0n) is 7.84. The standard InChI is InChI=1S/C10H12N2O2/c1-8(12-7-4-10(13)14)9-2-5-11-6-3-9/h2-8,12H,1H3,(H,13,14)/b7-4+. The van der Waals surface area contributed by atoms with E-state index < -0.39 is 5.97 Å². The maximum absolute atomic E-state index is 10.2. The second-order valence-corrected chi connectivity index (χ2v) is 2.84. The van der Waals surface area contributed by atoms with E-state index in [4.69, 9.17) is 5.11 Å². The van der Waals surface area contributed by atoms with E-state index in [-0.39, 0.29) is 6.04 Å². The zero-order valence-corrected chi connectivity index (χ0v) is 7.84. The molecule has 0 saturated heterocycles. The van der Waals surface area contributed by atoms with Crippen molar-refractivity contribution in [2.75, 3.05) is 0 Å². The third-order valence-corrected chi connectivity index (χ3v) is 1.78. The van der Waals surface area contributed by atoms with Crippen LogP contribution in [0, 0.1) is 0 Å². The Bertz CT molecular complexity index is 322. The Labute approximate surface area is 82.3 Å². The molecule has 0 radical (unpaired) electrons. The summed E-state index contributed by atoms with van der Waals surface area (Å²) in [7, 11) is 0. The van der Waals surface area contributed by atoms with Crippen molar-refractivity contribution in [3.05, 3.63) is 42.4 Å². The monoisotopic (exact) mass is 192 g/mol. The lowest BCUT2D eigenvalue weighted by atomic mass is 10.1. The molecule has 0 aliphatic rings. The molecule has 0 amide bonds. The van der Waals surface area contributed by atoms with Crippen molar-refractivity contribution in [1.82, 2.24) is 10.3 Å². The Balaban J connectivity index is 2.51. The number of rotatable bonds is 4. The van der Waals surface area contributed by atoms with Crippen LogP contribution >= 0.6 is 0 Å². The molecule has 2 N–H and O–H groups in total. The number of nitrogens with zero attached hydrogens (tertiary/aromatic N) is 1. The Morgan fingerprint density at radius 1 is 1.57 bits per heavy atom. The van der Waals surface area contributed by atoms with Crippen LogP contribution in [0.1, 0.15) is 18.5 Å². The van der Waals surface area contributed by atoms with E-state index in [9.17, 15) is 4.79 Å². The number of nitrogens with one attached hydrogen (secondary N) is 1. The summed E-state index contributed by atoms with van der Waals surface area (Å²) in [6.45, 7) is 1.95. The molecule has 74 valence electrons. The molecule has 0 aromatic carbocycles. The highest BCUT2D eigenvalue weighted by Gasteiger charge is 2.00. The van der Waals surface area contributed by atoms with Gasteiger partial charge in [0.15, 0.2) is 0 Å². The minimum atomic E-state index is -0.959. The maximum Gasteiger partial charge on any atom is 0.329 e. The van der Waals surface area contributed by atoms with E-state index >= 15 is 0 Å². The predicted octanol–water partition coefficient (Wildman–Crippen LogP) is 1.33. The molecule has 0 spiro atoms. The van der Waals surface area contributed by atoms with Crippen LogP contribution in [0.5, 0.6) is 0 Å². The summed E-state index contributed by atoms with van der Waals surface area (Å²) in [5.41, 5.74) is 1.06. The van der Waals surface area contributed by atoms with Crippen molar-refractivity contribution < 1.29 is 9.90 Å². The number of carboxylic acids is 1. The van der Waals surface area contributed by atoms with Crippen molar-refractivity contribution in [2.24, 2.45) is 0 Å². The van der Waals surface area contributed by atoms with Gasteiger partial charge in [-0.3, -0.25) is 4.98 Å². The molecule has 0 saturated carbocycles. The smallest absolute Gasteiger partial charge is 0.329 e. The summed E-state index contributed by atoms with van der Waals surface area (Å²) in [4.78, 5) is 14.1. The molecule has 4 nitrogen and oxygen atoms in total. The molecular weight excluding hydrogens is 180 g/mol. The highest BCUT2D eigenvalue weighted by Crippen LogP contribution is 2.09. The molecule has 1 heterocycles. The van der Waals surface area contributed by atoms with E-state index in [2.05, 4.69) is 10.3 Å². The lowest BCUT2D eigenvalue weighted by Gasteiger charge is -2.10. The van der Waals surface area contributed by atoms with Gasteiger partial charge in [-0.05, 0) is 24.6 Å². The van der Waals surface area contributed by atoms with Gasteiger partial charge < -0.3 is 10.4 Å². The number of hydrogen-bond donors (Lipinski definition) is 2. The molecule has 4 heteroatoms. The van der Waals surface area contributed by atoms with E-state index in [1.165, 1.54) is 6.20 Å². The summed E-state index contributed by atoms with van der Waals surface area (Å²) in [5, 5.41) is 11.3. The first kappa shape index (κ1) is 10.2. The Kier molecular flexibility index (Phi) is 3.67. The predicted molar refractivity (Wildman–Crippen MR) is 52.6 cm³/mol. The van der Waals surface area contributed by atoms with Crippen LogP contribution in [-0.2, 0) is 4.79 Å². The molecule has 0 bridgehead atoms. The van der Waals surface area contributed by atoms with Gasteiger partial charge in [0.1, 0.15) is 0 Å². The van der Waals surface area contributed by atoms with Crippen LogP contribution < -0.4 is 5.32 Å². The lowest BCUT2D eigenvalue weighted by molar-refractivity contribution is -0.131. The van der Waals surface area contributed by atoms with Gasteiger partial charge in [0.05, 0.1) is 0 Å². The average molecular weight is 192 g/mol. The summed E-state index contributed by atoms with van der Waals surface area (Å²) in [6, 6.07) is 3.84. The Morgan fingerprint density at radius 3 is 2.79 bits per heavy atom. The molecule has 1 rings (SSSR count). The van der Waals surface area contributed by atoms with Crippen molar-refractivity contribution in [1.29, 1.82) is 0 Å². The summed E-state index contributed by atoms with van der Waals surface area (Å²) >= 11 is 0. The Morgan fingerprint density at radius 2 is 2.21 bits per heavy atom. The number of aliphatic carboxylic acids is 1. The molecular formula is C10H12N2O2. The lowest BCUT2D eigenvalue weighted by Crippen LogP contribution is -2.12. The van der Waals surface area contributed by atoms with Gasteiger partial charge in [-0.1, -0.05) is 0 Å². The van der Waals surface area contributed by atoms with Gasteiger partial charge >= 0.3 is 5.97 Å². The van der Waals surface area contributed by atoms with Crippen LogP contribution in [0.3, 0.4) is 0 Å². The van der Waals surface area contributed by atoms with E-state index in [0.29, 0.717) is 0 Å². The average Bonchev–Trinajstić information content (AvgIpc) is 2.18. The van der Waals surface area contributed by atoms with E-state index in [1.807, 2.05) is 19.1 Å². The summed E-state index contributed by atoms with van der Waals surface area (Å²) < 4.78 is 0. The number of aromatic nitrogens is 1. The minimum Gasteiger partial charge on any atom is -0.478 e. The fourth-order valence-corrected chi connectivity index (χ4v) is 1.01. The summed E-state index contributed by atoms with van der Waals surface area (Å²) in [6.07, 6.45) is 5.90. The fourth-order valence-electron chi connectivity index (χ4n) is 1.01. The van der Waals surface area contributed by atoms with E-state index in [1.54, 1.807) is 12.4 Å². The topological polar surface area (TPSA) is 62.2 Å². The third-order valence-electron chi connectivity index (χ3n) is 1.78. The molecule has 0 aliphatic carbocycles. The van der Waals surface area contributed by atoms with Gasteiger partial charge in [0, 0.05) is 30.7 Å². The number of carbonyl (C=O) groups is 1. The minimum absolute atomic E-state index is 0.0774. The molecule has 1 aromatic rings. The zero-order chi connectivity index (χ0) is 10.4. The highest BCUT2D eigenvalue weighted by molar-refractivity contribution is 5.79. The first-order valence-corrected chi connectivity index (χ1v) is 4.25. The number of carboxylic acid groups (broad SMARTS) is 1. The molecule has 0 fully saturated rings. The SMILES string of the molecule is CC(N/C=C/C(=O)O)c1ccncc1. The molecule has 14 heavy (non-hydrogen) atoms. The van der Waals surface area contributed by atoms with E-state index in [0.717, 1.165) is 11.6 Å². The normalized spacial score (nSPS) is 12.6. The maximum atomic E-state index is 10.2. The van der Waals surface area contributed by atoms with Gasteiger partial charge in [-0.15, -0.1) is 0 Å². The quantitative estimate of drug-likeness (QED) is 0.706. The first-order chi connectivity index (χ1) is 6.70. The highest BCUT2D eigenvalue weighted by atomic mass is 16.4. The van der Waals surface area contributed by atoms with Crippen LogP contribution in [0.4, 0.5) is 0 Å². The van der Waals surface area contributed by atoms with Crippen LogP contribution in [0.15, 0.2) is 36.8 Å². The van der Waals surface area contributed by atoms with Gasteiger partial charge in [0.2, 0.25) is 0 Å². The second-order valence-electron chi connectivity index (χ2n) is 2.84. The van der Waals surface area contributed by atoms with Gasteiger partial charge in [0.25, 0.3) is 0 Å². The van der Waals surface area contributed by atoms with Crippen molar-refractivity contribution >= 4 is 5.97 Å². The van der Waals surface area contributed by atoms with Crippen molar-refractivity contribution in [3.63, 3.8) is 0 Å². The molecule has 1 atom stereocenters. The van der Waals surface area contributed by atoms with Crippen LogP contribution in [-0.4, -0.2) is 16.1 Å². The Hall–Kier alpha value is -1.84. The van der Waals surface area contributed by atoms with Crippen molar-refractivity contribution in [2.45, 2.75) is 13.0 Å². The molecule has 1 unspecified atom stereocenters. The number of hydrogen-bond acceptors (Lipinski definition) is 3. The van der Waals surface area contributed by atoms with Crippen LogP contribution in [0.2, 0.25) is 0 Å². The second kappa shape index (κ2) is 5.01. The molecule has 1 aromatic heterocycles. The van der Waals surface area contributed by atoms with Crippen molar-refractivity contribution in [3.8, 4) is 0 Å². The first-order valence-electron chi connectivity index (χ1n) is 4.25. The number of pyridine rings is 1. The third kappa shape index (κ3) is 3.26. The molecule has 0 aliphatic heterocycles. The van der Waals surface area contributed by atoms with Gasteiger partial charge in [-0.25, -0.2) is 4.79 Å². The largest absolute Gasteiger partial charge is 0.478 e. The van der Waals surface area contributed by atoms with Gasteiger partial charge in [-0.2, -0.15) is 0 Å². The fraction of sp³-hybridized carbons (Fsp3) is 0.200. The van der Waals surface area contributed by atoms with Crippen LogP contribution in [0.25, 0.3) is 0 Å². The summed E-state index contributed by atoms with van der Waals surface area (Å²) in [5.74, 6) is -0.959.